The van der Waals surface area contributed by atoms with E-state index in [0.29, 0.717) is 10.0 Å². The van der Waals surface area contributed by atoms with Gasteiger partial charge in [-0.15, -0.1) is 0 Å². The molecule has 1 aliphatic rings. The molecule has 0 amide bonds. The Bertz CT molecular complexity index is 354. The normalized spacial score (nSPS) is 20.4. The summed E-state index contributed by atoms with van der Waals surface area (Å²) in [5, 5.41) is 4.45. The van der Waals surface area contributed by atoms with E-state index < -0.39 is 0 Å². The lowest BCUT2D eigenvalue weighted by atomic mass is 10.3. The van der Waals surface area contributed by atoms with Crippen molar-refractivity contribution in [2.24, 2.45) is 0 Å². The zero-order valence-electron chi connectivity index (χ0n) is 7.81. The van der Waals surface area contributed by atoms with Crippen LogP contribution in [0.3, 0.4) is 0 Å². The van der Waals surface area contributed by atoms with E-state index in [2.05, 4.69) is 5.32 Å². The second kappa shape index (κ2) is 3.87. The van der Waals surface area contributed by atoms with Gasteiger partial charge in [-0.1, -0.05) is 23.2 Å². The highest BCUT2D eigenvalue weighted by Gasteiger charge is 2.16. The molecular weight excluding hydrogens is 221 g/mol. The number of halogens is 2. The standard InChI is InChI=1S/C10H11Cl2NO/c1-6-2-3-13-10-8(12)4-7(11)5-9(10)14-6/h4-6,13H,2-3H2,1H3. The van der Waals surface area contributed by atoms with Gasteiger partial charge in [0.2, 0.25) is 0 Å². The van der Waals surface area contributed by atoms with Gasteiger partial charge in [0.1, 0.15) is 5.75 Å². The van der Waals surface area contributed by atoms with E-state index in [1.807, 2.05) is 6.92 Å². The van der Waals surface area contributed by atoms with Crippen LogP contribution in [0.4, 0.5) is 5.69 Å². The van der Waals surface area contributed by atoms with Crippen molar-refractivity contribution >= 4 is 28.9 Å². The maximum absolute atomic E-state index is 6.04. The molecule has 1 heterocycles. The van der Waals surface area contributed by atoms with Gasteiger partial charge in [-0.2, -0.15) is 0 Å². The number of anilines is 1. The van der Waals surface area contributed by atoms with Gasteiger partial charge >= 0.3 is 0 Å². The minimum atomic E-state index is 0.193. The molecule has 0 bridgehead atoms. The first kappa shape index (κ1) is 9.94. The lowest BCUT2D eigenvalue weighted by Gasteiger charge is -2.12. The van der Waals surface area contributed by atoms with Crippen molar-refractivity contribution in [3.63, 3.8) is 0 Å². The molecule has 0 saturated heterocycles. The monoisotopic (exact) mass is 231 g/mol. The van der Waals surface area contributed by atoms with Crippen molar-refractivity contribution in [1.29, 1.82) is 0 Å². The third kappa shape index (κ3) is 1.91. The van der Waals surface area contributed by atoms with Crippen LogP contribution in [0.15, 0.2) is 12.1 Å². The lowest BCUT2D eigenvalue weighted by molar-refractivity contribution is 0.222. The van der Waals surface area contributed by atoms with Crippen molar-refractivity contribution in [3.8, 4) is 5.75 Å². The van der Waals surface area contributed by atoms with Crippen molar-refractivity contribution in [2.45, 2.75) is 19.4 Å². The molecule has 1 aromatic carbocycles. The van der Waals surface area contributed by atoms with Gasteiger partial charge in [-0.25, -0.2) is 0 Å². The first-order valence-corrected chi connectivity index (χ1v) is 5.32. The molecule has 14 heavy (non-hydrogen) atoms. The van der Waals surface area contributed by atoms with E-state index >= 15 is 0 Å². The molecule has 0 aliphatic carbocycles. The van der Waals surface area contributed by atoms with Crippen LogP contribution in [0.1, 0.15) is 13.3 Å². The van der Waals surface area contributed by atoms with Gasteiger partial charge in [0.15, 0.2) is 0 Å². The van der Waals surface area contributed by atoms with E-state index in [-0.39, 0.29) is 6.10 Å². The van der Waals surface area contributed by atoms with Crippen molar-refractivity contribution in [1.82, 2.24) is 0 Å². The molecule has 4 heteroatoms. The molecule has 0 aromatic heterocycles. The predicted octanol–water partition coefficient (Wildman–Crippen LogP) is 3.58. The van der Waals surface area contributed by atoms with E-state index in [0.717, 1.165) is 24.4 Å². The molecule has 1 N–H and O–H groups in total. The van der Waals surface area contributed by atoms with Crippen LogP contribution in [0.2, 0.25) is 10.0 Å². The minimum Gasteiger partial charge on any atom is -0.488 e. The summed E-state index contributed by atoms with van der Waals surface area (Å²) < 4.78 is 5.69. The van der Waals surface area contributed by atoms with Crippen LogP contribution in [0, 0.1) is 0 Å². The Morgan fingerprint density at radius 3 is 3.00 bits per heavy atom. The number of nitrogens with one attached hydrogen (secondary N) is 1. The summed E-state index contributed by atoms with van der Waals surface area (Å²) >= 11 is 11.9. The zero-order valence-corrected chi connectivity index (χ0v) is 9.32. The molecule has 1 aromatic rings. The predicted molar refractivity (Wildman–Crippen MR) is 59.7 cm³/mol. The second-order valence-corrected chi connectivity index (χ2v) is 4.25. The third-order valence-corrected chi connectivity index (χ3v) is 2.72. The molecule has 1 aliphatic heterocycles. The molecular formula is C10H11Cl2NO. The van der Waals surface area contributed by atoms with Crippen LogP contribution in [0.5, 0.6) is 5.75 Å². The van der Waals surface area contributed by atoms with Crippen molar-refractivity contribution < 1.29 is 4.74 Å². The Hall–Kier alpha value is -0.600. The molecule has 0 saturated carbocycles. The number of fused-ring (bicyclic) bond motifs is 1. The fraction of sp³-hybridized carbons (Fsp3) is 0.400. The minimum absolute atomic E-state index is 0.193. The maximum Gasteiger partial charge on any atom is 0.145 e. The SMILES string of the molecule is CC1CCNc2c(Cl)cc(Cl)cc2O1. The first-order valence-electron chi connectivity index (χ1n) is 4.56. The Morgan fingerprint density at radius 1 is 1.43 bits per heavy atom. The number of hydrogen-bond donors (Lipinski definition) is 1. The van der Waals surface area contributed by atoms with Crippen LogP contribution >= 0.6 is 23.2 Å². The van der Waals surface area contributed by atoms with E-state index in [1.165, 1.54) is 0 Å². The molecule has 1 unspecified atom stereocenters. The molecule has 1 atom stereocenters. The largest absolute Gasteiger partial charge is 0.488 e. The van der Waals surface area contributed by atoms with Crippen LogP contribution in [-0.2, 0) is 0 Å². The maximum atomic E-state index is 6.04. The summed E-state index contributed by atoms with van der Waals surface area (Å²) in [6.07, 6.45) is 1.15. The van der Waals surface area contributed by atoms with Crippen molar-refractivity contribution in [3.05, 3.63) is 22.2 Å². The third-order valence-electron chi connectivity index (χ3n) is 2.20. The fourth-order valence-corrected chi connectivity index (χ4v) is 2.03. The Kier molecular flexibility index (Phi) is 2.75. The van der Waals surface area contributed by atoms with Gasteiger partial charge < -0.3 is 10.1 Å². The summed E-state index contributed by atoms with van der Waals surface area (Å²) in [5.74, 6) is 0.743. The number of hydrogen-bond acceptors (Lipinski definition) is 2. The highest BCUT2D eigenvalue weighted by molar-refractivity contribution is 6.36. The van der Waals surface area contributed by atoms with E-state index in [9.17, 15) is 0 Å². The quantitative estimate of drug-likeness (QED) is 0.738. The van der Waals surface area contributed by atoms with Crippen molar-refractivity contribution in [2.75, 3.05) is 11.9 Å². The Labute approximate surface area is 93.2 Å². The molecule has 0 fully saturated rings. The summed E-state index contributed by atoms with van der Waals surface area (Å²) in [5.41, 5.74) is 0.848. The average molecular weight is 232 g/mol. The highest BCUT2D eigenvalue weighted by Crippen LogP contribution is 2.37. The van der Waals surface area contributed by atoms with Gasteiger partial charge in [0, 0.05) is 24.1 Å². The molecule has 0 spiro atoms. The van der Waals surface area contributed by atoms with Gasteiger partial charge in [0.25, 0.3) is 0 Å². The molecule has 76 valence electrons. The summed E-state index contributed by atoms with van der Waals surface area (Å²) in [4.78, 5) is 0. The van der Waals surface area contributed by atoms with Crippen LogP contribution in [0.25, 0.3) is 0 Å². The van der Waals surface area contributed by atoms with Gasteiger partial charge in [0.05, 0.1) is 16.8 Å². The van der Waals surface area contributed by atoms with E-state index in [4.69, 9.17) is 27.9 Å². The zero-order chi connectivity index (χ0) is 10.1. The number of benzene rings is 1. The van der Waals surface area contributed by atoms with Gasteiger partial charge in [-0.05, 0) is 13.0 Å². The highest BCUT2D eigenvalue weighted by atomic mass is 35.5. The Balaban J connectivity index is 2.45. The van der Waals surface area contributed by atoms with Crippen LogP contribution < -0.4 is 10.1 Å². The summed E-state index contributed by atoms with van der Waals surface area (Å²) in [6.45, 7) is 2.90. The smallest absolute Gasteiger partial charge is 0.145 e. The molecule has 2 nitrogen and oxygen atoms in total. The number of rotatable bonds is 0. The average Bonchev–Trinajstić information content (AvgIpc) is 2.25. The lowest BCUT2D eigenvalue weighted by Crippen LogP contribution is -2.12. The van der Waals surface area contributed by atoms with Crippen LogP contribution in [-0.4, -0.2) is 12.6 Å². The number of ether oxygens (including phenoxy) is 1. The molecule has 2 rings (SSSR count). The summed E-state index contributed by atoms with van der Waals surface area (Å²) in [6, 6.07) is 3.51. The fourth-order valence-electron chi connectivity index (χ4n) is 1.49. The van der Waals surface area contributed by atoms with Gasteiger partial charge in [-0.3, -0.25) is 0 Å². The van der Waals surface area contributed by atoms with E-state index in [1.54, 1.807) is 12.1 Å². The summed E-state index contributed by atoms with van der Waals surface area (Å²) in [7, 11) is 0. The Morgan fingerprint density at radius 2 is 2.21 bits per heavy atom. The molecule has 0 radical (unpaired) electrons. The second-order valence-electron chi connectivity index (χ2n) is 3.40. The topological polar surface area (TPSA) is 21.3 Å². The first-order chi connectivity index (χ1) is 6.66.